The zero-order valence-electron chi connectivity index (χ0n) is 12.3. The van der Waals surface area contributed by atoms with E-state index in [9.17, 15) is 14.0 Å². The van der Waals surface area contributed by atoms with Crippen molar-refractivity contribution in [3.05, 3.63) is 70.1 Å². The smallest absolute Gasteiger partial charge is 0.268 e. The Morgan fingerprint density at radius 1 is 1.17 bits per heavy atom. The summed E-state index contributed by atoms with van der Waals surface area (Å²) in [7, 11) is 0. The topological polar surface area (TPSA) is 50.3 Å². The number of rotatable bonds is 3. The number of halogens is 1. The van der Waals surface area contributed by atoms with E-state index in [0.29, 0.717) is 16.2 Å². The van der Waals surface area contributed by atoms with Crippen molar-refractivity contribution in [3.8, 4) is 0 Å². The van der Waals surface area contributed by atoms with Gasteiger partial charge in [0, 0.05) is 11.3 Å². The normalized spacial score (nSPS) is 16.4. The number of hydrogen-bond donors (Lipinski definition) is 0. The van der Waals surface area contributed by atoms with Gasteiger partial charge >= 0.3 is 0 Å². The maximum absolute atomic E-state index is 13.7. The molecule has 2 amide bonds. The van der Waals surface area contributed by atoms with E-state index in [1.165, 1.54) is 6.07 Å². The van der Waals surface area contributed by atoms with Crippen LogP contribution in [0.25, 0.3) is 6.08 Å². The molecular weight excluding hydrogens is 315 g/mol. The Morgan fingerprint density at radius 2 is 1.96 bits per heavy atom. The quantitative estimate of drug-likeness (QED) is 0.805. The van der Waals surface area contributed by atoms with Crippen molar-refractivity contribution in [3.63, 3.8) is 0 Å². The minimum absolute atomic E-state index is 0.0735. The van der Waals surface area contributed by atoms with Gasteiger partial charge in [0.1, 0.15) is 5.82 Å². The molecule has 6 heteroatoms. The molecule has 1 aliphatic heterocycles. The highest BCUT2D eigenvalue weighted by Gasteiger charge is 2.35. The fraction of sp³-hybridized carbons (Fsp3) is 0.118. The molecule has 1 aromatic heterocycles. The molecule has 0 atom stereocenters. The Kier molecular flexibility index (Phi) is 4.25. The predicted molar refractivity (Wildman–Crippen MR) is 86.9 cm³/mol. The van der Waals surface area contributed by atoms with Crippen molar-refractivity contribution in [1.29, 1.82) is 0 Å². The monoisotopic (exact) mass is 328 g/mol. The van der Waals surface area contributed by atoms with Crippen LogP contribution in [0.3, 0.4) is 0 Å². The van der Waals surface area contributed by atoms with E-state index in [1.54, 1.807) is 30.3 Å². The summed E-state index contributed by atoms with van der Waals surface area (Å²) in [5.74, 6) is -0.859. The Hall–Kier alpha value is -2.47. The van der Waals surface area contributed by atoms with Gasteiger partial charge in [-0.2, -0.15) is 0 Å². The summed E-state index contributed by atoms with van der Waals surface area (Å²) >= 11 is 0.844. The first-order chi connectivity index (χ1) is 11.0. The third kappa shape index (κ3) is 3.32. The Morgan fingerprint density at radius 3 is 2.70 bits per heavy atom. The summed E-state index contributed by atoms with van der Waals surface area (Å²) < 4.78 is 13.7. The van der Waals surface area contributed by atoms with E-state index in [-0.39, 0.29) is 6.54 Å². The van der Waals surface area contributed by atoms with Crippen molar-refractivity contribution < 1.29 is 14.0 Å². The van der Waals surface area contributed by atoms with E-state index in [0.717, 1.165) is 22.4 Å². The number of carbonyl (C=O) groups is 2. The Labute approximate surface area is 137 Å². The lowest BCUT2D eigenvalue weighted by Gasteiger charge is -2.12. The van der Waals surface area contributed by atoms with E-state index in [1.807, 2.05) is 19.1 Å². The highest BCUT2D eigenvalue weighted by atomic mass is 32.2. The highest BCUT2D eigenvalue weighted by Crippen LogP contribution is 2.33. The van der Waals surface area contributed by atoms with Crippen molar-refractivity contribution in [2.75, 3.05) is 0 Å². The number of benzene rings is 1. The molecule has 1 aromatic carbocycles. The predicted octanol–water partition coefficient (Wildman–Crippen LogP) is 3.77. The van der Waals surface area contributed by atoms with Gasteiger partial charge in [0.15, 0.2) is 0 Å². The van der Waals surface area contributed by atoms with Gasteiger partial charge in [0.05, 0.1) is 17.1 Å². The zero-order chi connectivity index (χ0) is 16.4. The number of hydrogen-bond acceptors (Lipinski definition) is 4. The average Bonchev–Trinajstić information content (AvgIpc) is 2.77. The van der Waals surface area contributed by atoms with Crippen LogP contribution in [-0.2, 0) is 11.3 Å². The fourth-order valence-corrected chi connectivity index (χ4v) is 3.04. The molecule has 0 bridgehead atoms. The van der Waals surface area contributed by atoms with Gasteiger partial charge < -0.3 is 0 Å². The fourth-order valence-electron chi connectivity index (χ4n) is 2.21. The highest BCUT2D eigenvalue weighted by molar-refractivity contribution is 8.18. The number of pyridine rings is 1. The summed E-state index contributed by atoms with van der Waals surface area (Å²) in [6, 6.07) is 11.5. The van der Waals surface area contributed by atoms with Crippen LogP contribution in [0.2, 0.25) is 0 Å². The van der Waals surface area contributed by atoms with Gasteiger partial charge in [-0.25, -0.2) is 4.39 Å². The molecule has 0 aliphatic carbocycles. The number of aromatic nitrogens is 1. The molecule has 1 aliphatic rings. The van der Waals surface area contributed by atoms with Gasteiger partial charge in [-0.1, -0.05) is 24.3 Å². The summed E-state index contributed by atoms with van der Waals surface area (Å²) in [6.07, 6.45) is 1.58. The second-order valence-electron chi connectivity index (χ2n) is 5.06. The van der Waals surface area contributed by atoms with Gasteiger partial charge in [-0.15, -0.1) is 0 Å². The molecule has 23 heavy (non-hydrogen) atoms. The zero-order valence-corrected chi connectivity index (χ0v) is 13.1. The van der Waals surface area contributed by atoms with Gasteiger partial charge in [0.2, 0.25) is 0 Å². The molecule has 116 valence electrons. The molecule has 0 saturated carbocycles. The lowest BCUT2D eigenvalue weighted by Crippen LogP contribution is -2.27. The van der Waals surface area contributed by atoms with Crippen LogP contribution < -0.4 is 0 Å². The van der Waals surface area contributed by atoms with E-state index in [2.05, 4.69) is 4.98 Å². The second-order valence-corrected chi connectivity index (χ2v) is 6.06. The molecule has 4 nitrogen and oxygen atoms in total. The summed E-state index contributed by atoms with van der Waals surface area (Å²) in [6.45, 7) is 1.77. The Balaban J connectivity index is 1.84. The first-order valence-corrected chi connectivity index (χ1v) is 7.78. The minimum atomic E-state index is -0.434. The molecule has 3 rings (SSSR count). The summed E-state index contributed by atoms with van der Waals surface area (Å²) in [5.41, 5.74) is 1.75. The average molecular weight is 328 g/mol. The number of amides is 2. The van der Waals surface area contributed by atoms with Crippen LogP contribution in [0.1, 0.15) is 17.0 Å². The molecular formula is C17H13FN2O2S. The van der Waals surface area contributed by atoms with Crippen molar-refractivity contribution >= 4 is 29.0 Å². The summed E-state index contributed by atoms with van der Waals surface area (Å²) in [5, 5.41) is -0.405. The van der Waals surface area contributed by atoms with Gasteiger partial charge in [-0.05, 0) is 43.0 Å². The standard InChI is InChI=1S/C17H13FN2O2S/c1-11-5-4-7-13(19-11)9-15-16(21)20(17(22)23-15)10-12-6-2-3-8-14(12)18/h2-9H,10H2,1H3/b15-9+. The first-order valence-electron chi connectivity index (χ1n) is 6.97. The first kappa shape index (κ1) is 15.4. The molecule has 0 spiro atoms. The van der Waals surface area contributed by atoms with Gasteiger partial charge in [-0.3, -0.25) is 19.5 Å². The van der Waals surface area contributed by atoms with Crippen LogP contribution >= 0.6 is 11.8 Å². The number of thioether (sulfide) groups is 1. The molecule has 1 saturated heterocycles. The number of imide groups is 1. The van der Waals surface area contributed by atoms with Crippen molar-refractivity contribution in [2.24, 2.45) is 0 Å². The molecule has 2 aromatic rings. The van der Waals surface area contributed by atoms with E-state index in [4.69, 9.17) is 0 Å². The lowest BCUT2D eigenvalue weighted by atomic mass is 10.2. The molecule has 0 unspecified atom stereocenters. The van der Waals surface area contributed by atoms with Crippen LogP contribution in [0.5, 0.6) is 0 Å². The third-order valence-corrected chi connectivity index (χ3v) is 4.26. The molecule has 0 N–H and O–H groups in total. The van der Waals surface area contributed by atoms with Gasteiger partial charge in [0.25, 0.3) is 11.1 Å². The minimum Gasteiger partial charge on any atom is -0.268 e. The SMILES string of the molecule is Cc1cccc(/C=C2/SC(=O)N(Cc3ccccc3F)C2=O)n1. The van der Waals surface area contributed by atoms with E-state index >= 15 is 0 Å². The van der Waals surface area contributed by atoms with Crippen LogP contribution in [0.15, 0.2) is 47.4 Å². The van der Waals surface area contributed by atoms with Crippen molar-refractivity contribution in [2.45, 2.75) is 13.5 Å². The molecule has 1 fully saturated rings. The molecule has 2 heterocycles. The molecule has 0 radical (unpaired) electrons. The largest absolute Gasteiger partial charge is 0.293 e. The second kappa shape index (κ2) is 6.34. The Bertz CT molecular complexity index is 820. The lowest BCUT2D eigenvalue weighted by molar-refractivity contribution is -0.123. The maximum Gasteiger partial charge on any atom is 0.293 e. The van der Waals surface area contributed by atoms with Crippen LogP contribution in [-0.4, -0.2) is 21.0 Å². The van der Waals surface area contributed by atoms with Crippen LogP contribution in [0.4, 0.5) is 9.18 Å². The maximum atomic E-state index is 13.7. The van der Waals surface area contributed by atoms with Crippen molar-refractivity contribution in [1.82, 2.24) is 9.88 Å². The van der Waals surface area contributed by atoms with E-state index < -0.39 is 17.0 Å². The van der Waals surface area contributed by atoms with Crippen LogP contribution in [0, 0.1) is 12.7 Å². The summed E-state index contributed by atoms with van der Waals surface area (Å²) in [4.78, 5) is 30.1. The third-order valence-electron chi connectivity index (χ3n) is 3.35. The number of aryl methyl sites for hydroxylation is 1. The number of nitrogens with zero attached hydrogens (tertiary/aromatic N) is 2. The number of carbonyl (C=O) groups excluding carboxylic acids is 2.